The van der Waals surface area contributed by atoms with Crippen LogP contribution in [-0.2, 0) is 11.3 Å². The number of primary amides is 1. The number of benzene rings is 1. The van der Waals surface area contributed by atoms with E-state index >= 15 is 0 Å². The highest BCUT2D eigenvalue weighted by atomic mass is 127. The quantitative estimate of drug-likeness (QED) is 0.324. The molecule has 0 aliphatic carbocycles. The van der Waals surface area contributed by atoms with Crippen molar-refractivity contribution in [1.82, 2.24) is 15.5 Å². The first-order valence-corrected chi connectivity index (χ1v) is 9.09. The summed E-state index contributed by atoms with van der Waals surface area (Å²) in [6.45, 7) is 9.80. The molecule has 1 aromatic rings. The number of carbonyl (C=O) groups excluding carboxylic acids is 2. The van der Waals surface area contributed by atoms with Crippen LogP contribution < -0.4 is 16.4 Å². The first-order valence-electron chi connectivity index (χ1n) is 9.09. The Hall–Kier alpha value is -2.04. The first kappa shape index (κ1) is 24.0. The third kappa shape index (κ3) is 7.53. The Labute approximate surface area is 183 Å². The summed E-state index contributed by atoms with van der Waals surface area (Å²) in [5, 5.41) is 6.49. The van der Waals surface area contributed by atoms with E-state index in [1.165, 1.54) is 0 Å². The smallest absolute Gasteiger partial charge is 0.410 e. The maximum absolute atomic E-state index is 12.0. The second-order valence-corrected chi connectivity index (χ2v) is 7.49. The summed E-state index contributed by atoms with van der Waals surface area (Å²) in [5.41, 5.74) is 6.18. The summed E-state index contributed by atoms with van der Waals surface area (Å²) in [6.07, 6.45) is -0.300. The Morgan fingerprint density at radius 1 is 1.32 bits per heavy atom. The number of hydrogen-bond donors (Lipinski definition) is 3. The van der Waals surface area contributed by atoms with E-state index in [4.69, 9.17) is 10.5 Å². The van der Waals surface area contributed by atoms with Crippen LogP contribution in [-0.4, -0.2) is 54.1 Å². The Bertz CT molecular complexity index is 712. The number of nitrogens with zero attached hydrogens (tertiary/aromatic N) is 2. The van der Waals surface area contributed by atoms with E-state index in [0.717, 1.165) is 12.1 Å². The van der Waals surface area contributed by atoms with Gasteiger partial charge >= 0.3 is 6.09 Å². The summed E-state index contributed by atoms with van der Waals surface area (Å²) < 4.78 is 5.35. The second kappa shape index (κ2) is 10.5. The average molecular weight is 503 g/mol. The predicted octanol–water partition coefficient (Wildman–Crippen LogP) is 2.08. The van der Waals surface area contributed by atoms with Crippen molar-refractivity contribution in [3.8, 4) is 0 Å². The molecule has 1 saturated heterocycles. The van der Waals surface area contributed by atoms with Crippen LogP contribution in [0.3, 0.4) is 0 Å². The minimum absolute atomic E-state index is 0. The van der Waals surface area contributed by atoms with E-state index in [9.17, 15) is 9.59 Å². The van der Waals surface area contributed by atoms with Crippen molar-refractivity contribution in [1.29, 1.82) is 0 Å². The van der Waals surface area contributed by atoms with Crippen molar-refractivity contribution in [3.63, 3.8) is 0 Å². The van der Waals surface area contributed by atoms with Crippen LogP contribution in [0.15, 0.2) is 29.3 Å². The van der Waals surface area contributed by atoms with Gasteiger partial charge < -0.3 is 26.0 Å². The minimum Gasteiger partial charge on any atom is -0.444 e. The molecule has 0 saturated carbocycles. The molecule has 4 N–H and O–H groups in total. The Morgan fingerprint density at radius 3 is 2.57 bits per heavy atom. The lowest BCUT2D eigenvalue weighted by Gasteiger charge is -2.40. The number of halogens is 1. The van der Waals surface area contributed by atoms with E-state index in [1.54, 1.807) is 23.1 Å². The number of aliphatic imine (C=N–C) groups is 1. The third-order valence-corrected chi connectivity index (χ3v) is 3.85. The lowest BCUT2D eigenvalue weighted by molar-refractivity contribution is 0.00700. The Balaban J connectivity index is 0.00000392. The number of guanidine groups is 1. The van der Waals surface area contributed by atoms with Gasteiger partial charge in [0.05, 0.1) is 12.6 Å². The molecule has 2 rings (SSSR count). The molecule has 156 valence electrons. The number of nitrogens with two attached hydrogens (primary N) is 1. The predicted molar refractivity (Wildman–Crippen MR) is 120 cm³/mol. The van der Waals surface area contributed by atoms with E-state index in [0.29, 0.717) is 31.2 Å². The fourth-order valence-corrected chi connectivity index (χ4v) is 2.55. The van der Waals surface area contributed by atoms with Crippen molar-refractivity contribution < 1.29 is 14.3 Å². The van der Waals surface area contributed by atoms with Crippen LogP contribution in [0.25, 0.3) is 0 Å². The number of carbonyl (C=O) groups is 2. The largest absolute Gasteiger partial charge is 0.444 e. The molecule has 1 fully saturated rings. The molecule has 0 spiro atoms. The molecule has 9 heteroatoms. The van der Waals surface area contributed by atoms with Gasteiger partial charge in [-0.3, -0.25) is 4.79 Å². The minimum atomic E-state index is -0.495. The molecule has 1 heterocycles. The van der Waals surface area contributed by atoms with Crippen molar-refractivity contribution >= 4 is 41.9 Å². The van der Waals surface area contributed by atoms with E-state index in [-0.39, 0.29) is 36.1 Å². The number of hydrogen-bond acceptors (Lipinski definition) is 4. The molecule has 0 atom stereocenters. The Morgan fingerprint density at radius 2 is 2.00 bits per heavy atom. The number of ether oxygens (including phenoxy) is 1. The zero-order valence-corrected chi connectivity index (χ0v) is 19.2. The van der Waals surface area contributed by atoms with Crippen molar-refractivity contribution in [3.05, 3.63) is 35.4 Å². The number of nitrogens with one attached hydrogen (secondary N) is 2. The molecule has 0 radical (unpaired) electrons. The molecule has 8 nitrogen and oxygen atoms in total. The average Bonchev–Trinajstić information content (AvgIpc) is 2.53. The van der Waals surface area contributed by atoms with Crippen LogP contribution in [0.1, 0.15) is 43.6 Å². The maximum atomic E-state index is 12.0. The molecule has 0 aromatic heterocycles. The van der Waals surface area contributed by atoms with Crippen LogP contribution in [0.4, 0.5) is 4.79 Å². The standard InChI is InChI=1S/C19H29N5O3.HI/c1-5-21-17(22-10-13-7-6-8-14(9-13)16(20)25)23-15-11-24(12-15)18(26)27-19(2,3)4;/h6-9,15H,5,10-12H2,1-4H3,(H2,20,25)(H2,21,22,23);1H. The molecule has 1 aliphatic heterocycles. The fraction of sp³-hybridized carbons (Fsp3) is 0.526. The SMILES string of the molecule is CCNC(=NCc1cccc(C(N)=O)c1)NC1CN(C(=O)OC(C)(C)C)C1.I. The van der Waals surface area contributed by atoms with Gasteiger partial charge in [0.1, 0.15) is 5.60 Å². The topological polar surface area (TPSA) is 109 Å². The normalized spacial score (nSPS) is 14.6. The maximum Gasteiger partial charge on any atom is 0.410 e. The fourth-order valence-electron chi connectivity index (χ4n) is 2.55. The van der Waals surface area contributed by atoms with Crippen LogP contribution in [0.5, 0.6) is 0 Å². The second-order valence-electron chi connectivity index (χ2n) is 7.49. The summed E-state index contributed by atoms with van der Waals surface area (Å²) in [4.78, 5) is 29.5. The zero-order valence-electron chi connectivity index (χ0n) is 16.8. The highest BCUT2D eigenvalue weighted by molar-refractivity contribution is 14.0. The van der Waals surface area contributed by atoms with Crippen LogP contribution in [0.2, 0.25) is 0 Å². The zero-order chi connectivity index (χ0) is 20.0. The number of likely N-dealkylation sites (tertiary alicyclic amines) is 1. The molecule has 1 aromatic carbocycles. The molecule has 2 amide bonds. The van der Waals surface area contributed by atoms with Gasteiger partial charge in [-0.2, -0.15) is 0 Å². The highest BCUT2D eigenvalue weighted by Crippen LogP contribution is 2.15. The monoisotopic (exact) mass is 503 g/mol. The van der Waals surface area contributed by atoms with Gasteiger partial charge in [0, 0.05) is 25.2 Å². The van der Waals surface area contributed by atoms with Crippen LogP contribution >= 0.6 is 24.0 Å². The molecule has 28 heavy (non-hydrogen) atoms. The lowest BCUT2D eigenvalue weighted by atomic mass is 10.1. The van der Waals surface area contributed by atoms with Gasteiger partial charge in [-0.05, 0) is 45.4 Å². The first-order chi connectivity index (χ1) is 12.7. The summed E-state index contributed by atoms with van der Waals surface area (Å²) in [6, 6.07) is 7.22. The van der Waals surface area contributed by atoms with Gasteiger partial charge in [0.15, 0.2) is 5.96 Å². The van der Waals surface area contributed by atoms with Gasteiger partial charge in [-0.25, -0.2) is 9.79 Å². The molecule has 0 unspecified atom stereocenters. The molecule has 0 bridgehead atoms. The highest BCUT2D eigenvalue weighted by Gasteiger charge is 2.34. The van der Waals surface area contributed by atoms with Crippen molar-refractivity contribution in [2.24, 2.45) is 10.7 Å². The van der Waals surface area contributed by atoms with Crippen molar-refractivity contribution in [2.45, 2.75) is 45.9 Å². The van der Waals surface area contributed by atoms with Crippen molar-refractivity contribution in [2.75, 3.05) is 19.6 Å². The van der Waals surface area contributed by atoms with Crippen LogP contribution in [0, 0.1) is 0 Å². The molecular formula is C19H30IN5O3. The van der Waals surface area contributed by atoms with Gasteiger partial charge in [0.25, 0.3) is 0 Å². The third-order valence-electron chi connectivity index (χ3n) is 3.85. The Kier molecular flexibility index (Phi) is 8.99. The summed E-state index contributed by atoms with van der Waals surface area (Å²) in [5.74, 6) is 0.207. The number of amides is 2. The molecule has 1 aliphatic rings. The van der Waals surface area contributed by atoms with E-state index in [2.05, 4.69) is 15.6 Å². The van der Waals surface area contributed by atoms with Gasteiger partial charge in [-0.15, -0.1) is 24.0 Å². The van der Waals surface area contributed by atoms with Gasteiger partial charge in [-0.1, -0.05) is 12.1 Å². The van der Waals surface area contributed by atoms with Gasteiger partial charge in [0.2, 0.25) is 5.91 Å². The van der Waals surface area contributed by atoms with E-state index < -0.39 is 11.5 Å². The summed E-state index contributed by atoms with van der Waals surface area (Å²) in [7, 11) is 0. The number of rotatable bonds is 5. The summed E-state index contributed by atoms with van der Waals surface area (Å²) >= 11 is 0. The van der Waals surface area contributed by atoms with E-state index in [1.807, 2.05) is 33.8 Å². The lowest BCUT2D eigenvalue weighted by Crippen LogP contribution is -2.63. The molecular weight excluding hydrogens is 473 g/mol.